The van der Waals surface area contributed by atoms with Gasteiger partial charge in [-0.3, -0.25) is 0 Å². The molecule has 20 heavy (non-hydrogen) atoms. The third-order valence-corrected chi connectivity index (χ3v) is 3.64. The first kappa shape index (κ1) is 17.0. The minimum absolute atomic E-state index is 0.236. The van der Waals surface area contributed by atoms with E-state index in [-0.39, 0.29) is 5.28 Å². The number of nitrogens with zero attached hydrogens (tertiary/aromatic N) is 4. The molecule has 0 aromatic carbocycles. The van der Waals surface area contributed by atoms with E-state index in [9.17, 15) is 0 Å². The van der Waals surface area contributed by atoms with Gasteiger partial charge in [0.1, 0.15) is 0 Å². The third kappa shape index (κ3) is 5.12. The van der Waals surface area contributed by atoms with Crippen molar-refractivity contribution < 1.29 is 0 Å². The lowest BCUT2D eigenvalue weighted by atomic mass is 10.0. The van der Waals surface area contributed by atoms with Crippen molar-refractivity contribution in [1.82, 2.24) is 15.0 Å². The summed E-state index contributed by atoms with van der Waals surface area (Å²) in [6.45, 7) is 12.4. The Bertz CT molecular complexity index is 409. The summed E-state index contributed by atoms with van der Waals surface area (Å²) in [5, 5.41) is 3.55. The molecule has 1 aromatic rings. The van der Waals surface area contributed by atoms with Gasteiger partial charge in [0.05, 0.1) is 0 Å². The van der Waals surface area contributed by atoms with Gasteiger partial charge in [-0.25, -0.2) is 0 Å². The van der Waals surface area contributed by atoms with E-state index in [1.54, 1.807) is 0 Å². The van der Waals surface area contributed by atoms with E-state index in [0.717, 1.165) is 19.5 Å². The van der Waals surface area contributed by atoms with Crippen molar-refractivity contribution in [2.45, 2.75) is 53.5 Å². The van der Waals surface area contributed by atoms with E-state index in [2.05, 4.69) is 59.8 Å². The van der Waals surface area contributed by atoms with E-state index in [1.165, 1.54) is 6.42 Å². The van der Waals surface area contributed by atoms with Gasteiger partial charge in [0, 0.05) is 19.1 Å². The average Bonchev–Trinajstić information content (AvgIpc) is 2.39. The summed E-state index contributed by atoms with van der Waals surface area (Å²) in [4.78, 5) is 14.9. The van der Waals surface area contributed by atoms with Crippen LogP contribution in [-0.4, -0.2) is 34.1 Å². The van der Waals surface area contributed by atoms with Gasteiger partial charge in [-0.1, -0.05) is 20.3 Å². The fraction of sp³-hybridized carbons (Fsp3) is 0.786. The van der Waals surface area contributed by atoms with Crippen molar-refractivity contribution in [2.24, 2.45) is 5.92 Å². The Labute approximate surface area is 127 Å². The summed E-state index contributed by atoms with van der Waals surface area (Å²) in [6, 6.07) is 0.313. The van der Waals surface area contributed by atoms with E-state index in [1.807, 2.05) is 0 Å². The van der Waals surface area contributed by atoms with Gasteiger partial charge in [0.2, 0.25) is 17.2 Å². The molecule has 2 atom stereocenters. The second kappa shape index (κ2) is 8.25. The summed E-state index contributed by atoms with van der Waals surface area (Å²) < 4.78 is 0. The van der Waals surface area contributed by atoms with Crippen molar-refractivity contribution >= 4 is 23.5 Å². The van der Waals surface area contributed by atoms with Crippen LogP contribution in [0.15, 0.2) is 0 Å². The summed E-state index contributed by atoms with van der Waals surface area (Å²) in [7, 11) is 0. The molecule has 2 unspecified atom stereocenters. The first-order chi connectivity index (χ1) is 9.49. The lowest BCUT2D eigenvalue weighted by Gasteiger charge is -2.21. The lowest BCUT2D eigenvalue weighted by Crippen LogP contribution is -2.26. The van der Waals surface area contributed by atoms with Gasteiger partial charge in [0.25, 0.3) is 0 Å². The predicted molar refractivity (Wildman–Crippen MR) is 85.6 cm³/mol. The Balaban J connectivity index is 2.80. The first-order valence-corrected chi connectivity index (χ1v) is 7.80. The molecule has 1 heterocycles. The van der Waals surface area contributed by atoms with Crippen LogP contribution in [0.2, 0.25) is 5.28 Å². The molecule has 0 fully saturated rings. The van der Waals surface area contributed by atoms with Crippen LogP contribution in [0.25, 0.3) is 0 Å². The van der Waals surface area contributed by atoms with E-state index >= 15 is 0 Å². The number of halogens is 1. The Kier molecular flexibility index (Phi) is 6.99. The molecular weight excluding hydrogens is 274 g/mol. The molecule has 5 nitrogen and oxygen atoms in total. The Hall–Kier alpha value is -1.10. The maximum atomic E-state index is 6.00. The Morgan fingerprint density at radius 1 is 1.10 bits per heavy atom. The highest BCUT2D eigenvalue weighted by Gasteiger charge is 2.13. The fourth-order valence-electron chi connectivity index (χ4n) is 2.10. The minimum Gasteiger partial charge on any atom is -0.352 e. The van der Waals surface area contributed by atoms with E-state index in [4.69, 9.17) is 11.6 Å². The highest BCUT2D eigenvalue weighted by Crippen LogP contribution is 2.16. The van der Waals surface area contributed by atoms with E-state index in [0.29, 0.717) is 23.9 Å². The number of nitrogens with one attached hydrogen (secondary N) is 1. The molecule has 0 spiro atoms. The van der Waals surface area contributed by atoms with Crippen molar-refractivity contribution in [1.29, 1.82) is 0 Å². The Morgan fingerprint density at radius 2 is 1.75 bits per heavy atom. The summed E-state index contributed by atoms with van der Waals surface area (Å²) in [5.74, 6) is 1.87. The molecule has 1 N–H and O–H groups in total. The van der Waals surface area contributed by atoms with Crippen LogP contribution in [0, 0.1) is 5.92 Å². The molecule has 0 saturated carbocycles. The summed E-state index contributed by atoms with van der Waals surface area (Å²) in [6.07, 6.45) is 2.26. The third-order valence-electron chi connectivity index (χ3n) is 3.47. The number of rotatable bonds is 8. The quantitative estimate of drug-likeness (QED) is 0.795. The normalized spacial score (nSPS) is 13.9. The molecule has 0 aliphatic heterocycles. The zero-order chi connectivity index (χ0) is 15.1. The van der Waals surface area contributed by atoms with Crippen molar-refractivity contribution in [3.8, 4) is 0 Å². The van der Waals surface area contributed by atoms with Crippen LogP contribution >= 0.6 is 11.6 Å². The van der Waals surface area contributed by atoms with Crippen LogP contribution in [0.5, 0.6) is 0 Å². The van der Waals surface area contributed by atoms with Gasteiger partial charge in [-0.15, -0.1) is 0 Å². The molecule has 0 bridgehead atoms. The predicted octanol–water partition coefficient (Wildman–Crippen LogP) is 3.61. The standard InChI is InChI=1S/C14H26ClN5/c1-6-10(4)9-11(5)16-13-17-12(15)18-14(19-13)20(7-2)8-3/h10-11H,6-9H2,1-5H3,(H,16,17,18,19). The van der Waals surface area contributed by atoms with Crippen LogP contribution in [0.1, 0.15) is 47.5 Å². The smallest absolute Gasteiger partial charge is 0.231 e. The molecule has 0 aliphatic rings. The second-order valence-electron chi connectivity index (χ2n) is 5.19. The van der Waals surface area contributed by atoms with Gasteiger partial charge in [-0.2, -0.15) is 15.0 Å². The van der Waals surface area contributed by atoms with Crippen molar-refractivity contribution in [2.75, 3.05) is 23.3 Å². The van der Waals surface area contributed by atoms with E-state index < -0.39 is 0 Å². The molecule has 6 heteroatoms. The number of anilines is 2. The van der Waals surface area contributed by atoms with Gasteiger partial charge >= 0.3 is 0 Å². The van der Waals surface area contributed by atoms with Crippen LogP contribution < -0.4 is 10.2 Å². The van der Waals surface area contributed by atoms with Gasteiger partial charge in [-0.05, 0) is 44.7 Å². The molecule has 1 rings (SSSR count). The highest BCUT2D eigenvalue weighted by atomic mass is 35.5. The number of aromatic nitrogens is 3. The maximum Gasteiger partial charge on any atom is 0.231 e. The fourth-order valence-corrected chi connectivity index (χ4v) is 2.26. The Morgan fingerprint density at radius 3 is 2.30 bits per heavy atom. The summed E-state index contributed by atoms with van der Waals surface area (Å²) >= 11 is 6.00. The van der Waals surface area contributed by atoms with Crippen molar-refractivity contribution in [3.05, 3.63) is 5.28 Å². The zero-order valence-corrected chi connectivity index (χ0v) is 13.9. The van der Waals surface area contributed by atoms with Crippen LogP contribution in [0.4, 0.5) is 11.9 Å². The van der Waals surface area contributed by atoms with Crippen molar-refractivity contribution in [3.63, 3.8) is 0 Å². The summed E-state index contributed by atoms with van der Waals surface area (Å²) in [5.41, 5.74) is 0. The maximum absolute atomic E-state index is 6.00. The molecule has 1 aromatic heterocycles. The monoisotopic (exact) mass is 299 g/mol. The largest absolute Gasteiger partial charge is 0.352 e. The molecule has 114 valence electrons. The first-order valence-electron chi connectivity index (χ1n) is 7.43. The van der Waals surface area contributed by atoms with Gasteiger partial charge < -0.3 is 10.2 Å². The SMILES string of the molecule is CCC(C)CC(C)Nc1nc(Cl)nc(N(CC)CC)n1. The minimum atomic E-state index is 0.236. The van der Waals surface area contributed by atoms with Crippen LogP contribution in [-0.2, 0) is 0 Å². The number of hydrogen-bond donors (Lipinski definition) is 1. The highest BCUT2D eigenvalue weighted by molar-refractivity contribution is 6.28. The molecule has 0 aliphatic carbocycles. The topological polar surface area (TPSA) is 53.9 Å². The lowest BCUT2D eigenvalue weighted by molar-refractivity contribution is 0.482. The molecule has 0 amide bonds. The number of hydrogen-bond acceptors (Lipinski definition) is 5. The zero-order valence-electron chi connectivity index (χ0n) is 13.1. The van der Waals surface area contributed by atoms with Gasteiger partial charge in [0.15, 0.2) is 0 Å². The molecule has 0 radical (unpaired) electrons. The average molecular weight is 300 g/mol. The van der Waals surface area contributed by atoms with Crippen LogP contribution in [0.3, 0.4) is 0 Å². The molecular formula is C14H26ClN5. The molecule has 0 saturated heterocycles. The second-order valence-corrected chi connectivity index (χ2v) is 5.53.